The van der Waals surface area contributed by atoms with Gasteiger partial charge in [-0.15, -0.1) is 0 Å². The summed E-state index contributed by atoms with van der Waals surface area (Å²) in [6.45, 7) is 2.33. The maximum absolute atomic E-state index is 12.7. The maximum atomic E-state index is 12.7. The quantitative estimate of drug-likeness (QED) is 0.698. The van der Waals surface area contributed by atoms with Crippen LogP contribution in [0.3, 0.4) is 0 Å². The molecular formula is C23H22N4O2. The summed E-state index contributed by atoms with van der Waals surface area (Å²) < 4.78 is 0. The molecule has 1 aromatic heterocycles. The molecule has 0 saturated carbocycles. The van der Waals surface area contributed by atoms with Crippen molar-refractivity contribution >= 4 is 34.7 Å². The molecule has 2 amide bonds. The molecule has 0 fully saturated rings. The number of para-hydroxylation sites is 1. The topological polar surface area (TPSA) is 74.3 Å². The number of hydrogen-bond donors (Lipinski definition) is 2. The lowest BCUT2D eigenvalue weighted by atomic mass is 10.0. The molecule has 6 nitrogen and oxygen atoms in total. The Labute approximate surface area is 169 Å². The third kappa shape index (κ3) is 4.27. The molecule has 1 aliphatic rings. The summed E-state index contributed by atoms with van der Waals surface area (Å²) in [6, 6.07) is 18.9. The van der Waals surface area contributed by atoms with E-state index in [4.69, 9.17) is 0 Å². The molecule has 2 aromatic carbocycles. The van der Waals surface area contributed by atoms with Gasteiger partial charge in [-0.25, -0.2) is 4.98 Å². The van der Waals surface area contributed by atoms with E-state index in [1.807, 2.05) is 12.1 Å². The maximum Gasteiger partial charge on any atom is 0.255 e. The van der Waals surface area contributed by atoms with Gasteiger partial charge in [0.2, 0.25) is 5.91 Å². The highest BCUT2D eigenvalue weighted by Crippen LogP contribution is 2.32. The molecule has 1 aliphatic heterocycles. The van der Waals surface area contributed by atoms with Crippen LogP contribution >= 0.6 is 0 Å². The van der Waals surface area contributed by atoms with E-state index in [1.165, 1.54) is 12.5 Å². The van der Waals surface area contributed by atoms with Crippen LogP contribution in [0.5, 0.6) is 0 Å². The number of carbonyl (C=O) groups is 2. The third-order valence-corrected chi connectivity index (χ3v) is 4.86. The summed E-state index contributed by atoms with van der Waals surface area (Å²) >= 11 is 0. The van der Waals surface area contributed by atoms with Gasteiger partial charge in [0.25, 0.3) is 5.91 Å². The van der Waals surface area contributed by atoms with Crippen molar-refractivity contribution in [3.8, 4) is 0 Å². The highest BCUT2D eigenvalue weighted by molar-refractivity contribution is 6.04. The molecule has 0 bridgehead atoms. The molecule has 0 radical (unpaired) electrons. The van der Waals surface area contributed by atoms with Crippen LogP contribution in [-0.4, -0.2) is 23.3 Å². The lowest BCUT2D eigenvalue weighted by molar-refractivity contribution is -0.114. The van der Waals surface area contributed by atoms with Crippen LogP contribution in [0.4, 0.5) is 22.9 Å². The average Bonchev–Trinajstić information content (AvgIpc) is 2.74. The first kappa shape index (κ1) is 18.7. The van der Waals surface area contributed by atoms with Crippen LogP contribution < -0.4 is 15.5 Å². The number of nitrogens with one attached hydrogen (secondary N) is 2. The summed E-state index contributed by atoms with van der Waals surface area (Å²) in [4.78, 5) is 30.5. The number of pyridine rings is 1. The molecule has 146 valence electrons. The van der Waals surface area contributed by atoms with Gasteiger partial charge in [-0.1, -0.05) is 18.2 Å². The standard InChI is InChI=1S/C23H22N4O2/c1-16(28)25-19-8-10-20(11-9-19)26-23(29)18-12-13-24-22(15-18)27-14-4-6-17-5-2-3-7-21(17)27/h2-3,5,7-13,15H,4,6,14H2,1H3,(H,25,28)(H,26,29). The Morgan fingerprint density at radius 2 is 1.69 bits per heavy atom. The Kier molecular flexibility index (Phi) is 5.24. The number of hydrogen-bond acceptors (Lipinski definition) is 4. The average molecular weight is 386 g/mol. The molecule has 0 saturated heterocycles. The second kappa shape index (κ2) is 8.14. The van der Waals surface area contributed by atoms with Gasteiger partial charge < -0.3 is 15.5 Å². The number of rotatable bonds is 4. The molecule has 0 atom stereocenters. The number of amides is 2. The van der Waals surface area contributed by atoms with E-state index in [2.05, 4.69) is 38.7 Å². The van der Waals surface area contributed by atoms with Crippen LogP contribution in [0.15, 0.2) is 66.9 Å². The second-order valence-electron chi connectivity index (χ2n) is 7.00. The van der Waals surface area contributed by atoms with Crippen molar-refractivity contribution in [2.24, 2.45) is 0 Å². The Hall–Kier alpha value is -3.67. The minimum atomic E-state index is -0.203. The summed E-state index contributed by atoms with van der Waals surface area (Å²) in [5.41, 5.74) is 4.34. The molecule has 0 aliphatic carbocycles. The molecule has 2 N–H and O–H groups in total. The van der Waals surface area contributed by atoms with E-state index >= 15 is 0 Å². The minimum Gasteiger partial charge on any atom is -0.326 e. The van der Waals surface area contributed by atoms with Crippen LogP contribution in [-0.2, 0) is 11.2 Å². The van der Waals surface area contributed by atoms with Crippen molar-refractivity contribution in [3.05, 3.63) is 78.0 Å². The number of benzene rings is 2. The first-order valence-corrected chi connectivity index (χ1v) is 9.61. The van der Waals surface area contributed by atoms with Gasteiger partial charge in [-0.3, -0.25) is 9.59 Å². The zero-order valence-corrected chi connectivity index (χ0v) is 16.2. The van der Waals surface area contributed by atoms with Gasteiger partial charge in [0.05, 0.1) is 0 Å². The zero-order chi connectivity index (χ0) is 20.2. The van der Waals surface area contributed by atoms with E-state index in [-0.39, 0.29) is 11.8 Å². The molecule has 0 unspecified atom stereocenters. The molecule has 2 heterocycles. The lowest BCUT2D eigenvalue weighted by Crippen LogP contribution is -2.25. The molecule has 4 rings (SSSR count). The fourth-order valence-corrected chi connectivity index (χ4v) is 3.52. The van der Waals surface area contributed by atoms with E-state index < -0.39 is 0 Å². The van der Waals surface area contributed by atoms with Crippen LogP contribution in [0, 0.1) is 0 Å². The normalized spacial score (nSPS) is 12.8. The van der Waals surface area contributed by atoms with E-state index in [1.54, 1.807) is 36.5 Å². The fourth-order valence-electron chi connectivity index (χ4n) is 3.52. The summed E-state index contributed by atoms with van der Waals surface area (Å²) in [5.74, 6) is 0.433. The smallest absolute Gasteiger partial charge is 0.255 e. The predicted molar refractivity (Wildman–Crippen MR) is 115 cm³/mol. The molecule has 0 spiro atoms. The molecule has 3 aromatic rings. The number of fused-ring (bicyclic) bond motifs is 1. The first-order chi connectivity index (χ1) is 14.1. The van der Waals surface area contributed by atoms with Gasteiger partial charge in [-0.05, 0) is 60.9 Å². The first-order valence-electron chi connectivity index (χ1n) is 9.61. The van der Waals surface area contributed by atoms with E-state index in [0.717, 1.165) is 30.9 Å². The van der Waals surface area contributed by atoms with Crippen molar-refractivity contribution in [3.63, 3.8) is 0 Å². The molecular weight excluding hydrogens is 364 g/mol. The Morgan fingerprint density at radius 3 is 2.45 bits per heavy atom. The van der Waals surface area contributed by atoms with Crippen molar-refractivity contribution in [2.45, 2.75) is 19.8 Å². The van der Waals surface area contributed by atoms with Crippen LogP contribution in [0.1, 0.15) is 29.3 Å². The van der Waals surface area contributed by atoms with Gasteiger partial charge in [0, 0.05) is 42.3 Å². The fraction of sp³-hybridized carbons (Fsp3) is 0.174. The number of nitrogens with zero attached hydrogens (tertiary/aromatic N) is 2. The van der Waals surface area contributed by atoms with Crippen molar-refractivity contribution in [2.75, 3.05) is 22.1 Å². The van der Waals surface area contributed by atoms with Crippen molar-refractivity contribution in [1.82, 2.24) is 4.98 Å². The number of aromatic nitrogens is 1. The second-order valence-corrected chi connectivity index (χ2v) is 7.00. The Bertz CT molecular complexity index is 1050. The monoisotopic (exact) mass is 386 g/mol. The number of carbonyl (C=O) groups excluding carboxylic acids is 2. The zero-order valence-electron chi connectivity index (χ0n) is 16.2. The summed E-state index contributed by atoms with van der Waals surface area (Å²) in [6.07, 6.45) is 3.78. The molecule has 29 heavy (non-hydrogen) atoms. The van der Waals surface area contributed by atoms with Gasteiger partial charge >= 0.3 is 0 Å². The Morgan fingerprint density at radius 1 is 0.966 bits per heavy atom. The third-order valence-electron chi connectivity index (χ3n) is 4.86. The molecule has 6 heteroatoms. The van der Waals surface area contributed by atoms with Crippen LogP contribution in [0.25, 0.3) is 0 Å². The van der Waals surface area contributed by atoms with Gasteiger partial charge in [0.15, 0.2) is 0 Å². The number of aryl methyl sites for hydroxylation is 1. The van der Waals surface area contributed by atoms with Crippen molar-refractivity contribution in [1.29, 1.82) is 0 Å². The predicted octanol–water partition coefficient (Wildman–Crippen LogP) is 4.38. The minimum absolute atomic E-state index is 0.134. The summed E-state index contributed by atoms with van der Waals surface area (Å²) in [7, 11) is 0. The van der Waals surface area contributed by atoms with Crippen molar-refractivity contribution < 1.29 is 9.59 Å². The van der Waals surface area contributed by atoms with Gasteiger partial charge in [-0.2, -0.15) is 0 Å². The van der Waals surface area contributed by atoms with Gasteiger partial charge in [0.1, 0.15) is 5.82 Å². The highest BCUT2D eigenvalue weighted by atomic mass is 16.2. The number of anilines is 4. The SMILES string of the molecule is CC(=O)Nc1ccc(NC(=O)c2ccnc(N3CCCc4ccccc43)c2)cc1. The summed E-state index contributed by atoms with van der Waals surface area (Å²) in [5, 5.41) is 5.59. The largest absolute Gasteiger partial charge is 0.326 e. The lowest BCUT2D eigenvalue weighted by Gasteiger charge is -2.30. The van der Waals surface area contributed by atoms with E-state index in [9.17, 15) is 9.59 Å². The van der Waals surface area contributed by atoms with Crippen LogP contribution in [0.2, 0.25) is 0 Å². The Balaban J connectivity index is 1.52. The highest BCUT2D eigenvalue weighted by Gasteiger charge is 2.19. The van der Waals surface area contributed by atoms with E-state index in [0.29, 0.717) is 16.9 Å².